The summed E-state index contributed by atoms with van der Waals surface area (Å²) in [6.45, 7) is 0. The Hall–Kier alpha value is 1.50. The molecule has 0 unspecified atom stereocenters. The zero-order valence-electron chi connectivity index (χ0n) is 7.43. The van der Waals surface area contributed by atoms with Gasteiger partial charge in [0.1, 0.15) is 0 Å². The maximum atomic E-state index is 8.36. The van der Waals surface area contributed by atoms with E-state index in [1.807, 2.05) is 0 Å². The predicted octanol–water partition coefficient (Wildman–Crippen LogP) is -10.1. The van der Waals surface area contributed by atoms with Crippen LogP contribution in [-0.2, 0) is 4.70 Å². The third-order valence-electron chi connectivity index (χ3n) is 0. The summed E-state index contributed by atoms with van der Waals surface area (Å²) in [5, 5.41) is 6.89. The second-order valence-corrected chi connectivity index (χ2v) is 0.105. The summed E-state index contributed by atoms with van der Waals surface area (Å²) < 4.78 is 8.36. The average molecular weight is 164 g/mol. The first-order chi connectivity index (χ1) is 1.41. The zero-order chi connectivity index (χ0) is 2.71. The van der Waals surface area contributed by atoms with E-state index in [-0.39, 0.29) is 91.2 Å². The Labute approximate surface area is 100 Å². The van der Waals surface area contributed by atoms with E-state index in [0.29, 0.717) is 0 Å². The molecule has 0 aromatic carbocycles. The smallest absolute Gasteiger partial charge is 1.00 e. The molecule has 0 heterocycles. The van der Waals surface area contributed by atoms with E-state index >= 15 is 0 Å². The van der Waals surface area contributed by atoms with Gasteiger partial charge in [-0.1, -0.05) is 0 Å². The SMILES string of the molecule is O.O.O.O.O=BO.[H-].[H-].[Na+].[Na+]. The van der Waals surface area contributed by atoms with Crippen LogP contribution >= 0.6 is 0 Å². The zero-order valence-corrected chi connectivity index (χ0v) is 9.43. The van der Waals surface area contributed by atoms with Crippen molar-refractivity contribution in [1.82, 2.24) is 0 Å². The fraction of sp³-hybridized carbons (Fsp3) is 0. The van der Waals surface area contributed by atoms with Gasteiger partial charge in [-0.15, -0.1) is 0 Å². The van der Waals surface area contributed by atoms with Crippen LogP contribution in [0.3, 0.4) is 0 Å². The van der Waals surface area contributed by atoms with Gasteiger partial charge in [0, 0.05) is 0 Å². The molecule has 0 saturated heterocycles. The molecule has 0 aliphatic heterocycles. The molecule has 9 N–H and O–H groups in total. The summed E-state index contributed by atoms with van der Waals surface area (Å²) in [5.74, 6) is 0. The molecule has 0 fully saturated rings. The Morgan fingerprint density at radius 2 is 1.00 bits per heavy atom. The molecule has 0 aliphatic carbocycles. The average Bonchev–Trinajstić information content (AvgIpc) is 0.918. The van der Waals surface area contributed by atoms with Gasteiger partial charge < -0.3 is 24.8 Å². The largest absolute Gasteiger partial charge is 1.00 e. The van der Waals surface area contributed by atoms with E-state index in [1.54, 1.807) is 0 Å². The van der Waals surface area contributed by atoms with Crippen molar-refractivity contribution in [3.63, 3.8) is 0 Å². The van der Waals surface area contributed by atoms with Gasteiger partial charge in [-0.25, -0.2) is 0 Å². The van der Waals surface area contributed by atoms with Gasteiger partial charge in [-0.05, 0) is 0 Å². The van der Waals surface area contributed by atoms with Crippen LogP contribution in [0.2, 0.25) is 0 Å². The standard InChI is InChI=1S/BHO2.2Na.4H2O.2H/c2-1-3;;;;;;;;/h2H;;;4*1H2;;/q;2*+1;;;;;2*-1. The maximum Gasteiger partial charge on any atom is 1.00 e. The minimum absolute atomic E-state index is 0. The molecule has 0 bridgehead atoms. The summed E-state index contributed by atoms with van der Waals surface area (Å²) in [7, 11) is -0.250. The second kappa shape index (κ2) is 110. The number of hydrogen-bond acceptors (Lipinski definition) is 1. The van der Waals surface area contributed by atoms with Crippen molar-refractivity contribution in [2.24, 2.45) is 0 Å². The fourth-order valence-electron chi connectivity index (χ4n) is 0. The van der Waals surface area contributed by atoms with Crippen LogP contribution < -0.4 is 59.1 Å². The normalized spacial score (nSPS) is 0.889. The van der Waals surface area contributed by atoms with Crippen LogP contribution in [0.25, 0.3) is 0 Å². The van der Waals surface area contributed by atoms with Crippen molar-refractivity contribution in [1.29, 1.82) is 0 Å². The Morgan fingerprint density at radius 3 is 1.00 bits per heavy atom. The Bertz CT molecular complexity index is 26.1. The van der Waals surface area contributed by atoms with E-state index in [9.17, 15) is 0 Å². The Balaban J connectivity index is -0.000000000714. The fourth-order valence-corrected chi connectivity index (χ4v) is 0. The Morgan fingerprint density at radius 1 is 1.00 bits per heavy atom. The van der Waals surface area contributed by atoms with E-state index in [4.69, 9.17) is 9.73 Å². The molecule has 0 saturated carbocycles. The molecule has 0 aromatic heterocycles. The third-order valence-corrected chi connectivity index (χ3v) is 0. The van der Waals surface area contributed by atoms with Crippen molar-refractivity contribution in [3.05, 3.63) is 0 Å². The summed E-state index contributed by atoms with van der Waals surface area (Å²) in [4.78, 5) is 0. The Kier molecular flexibility index (Phi) is 941. The van der Waals surface area contributed by atoms with Crippen LogP contribution in [0, 0.1) is 0 Å². The number of rotatable bonds is 0. The van der Waals surface area contributed by atoms with Crippen LogP contribution in [-0.4, -0.2) is 34.3 Å². The molecule has 0 amide bonds. The topological polar surface area (TPSA) is 163 Å². The summed E-state index contributed by atoms with van der Waals surface area (Å²) in [6, 6.07) is 0. The first-order valence-corrected chi connectivity index (χ1v) is 0.494. The molecule has 0 aromatic rings. The van der Waals surface area contributed by atoms with Crippen molar-refractivity contribution < 1.29 is 93.6 Å². The first kappa shape index (κ1) is 77.3. The van der Waals surface area contributed by atoms with Gasteiger partial charge >= 0.3 is 76.2 Å². The summed E-state index contributed by atoms with van der Waals surface area (Å²) >= 11 is 0. The van der Waals surface area contributed by atoms with Crippen LogP contribution in [0.4, 0.5) is 0 Å². The molecule has 52 valence electrons. The third kappa shape index (κ3) is 236. The van der Waals surface area contributed by atoms with Crippen LogP contribution in [0.1, 0.15) is 2.85 Å². The minimum atomic E-state index is -0.250. The second-order valence-electron chi connectivity index (χ2n) is 0.105. The molecule has 0 rings (SSSR count). The molecule has 0 spiro atoms. The molecule has 9 heteroatoms. The number of hydrogen-bond donors (Lipinski definition) is 1. The van der Waals surface area contributed by atoms with E-state index in [2.05, 4.69) is 0 Å². The van der Waals surface area contributed by atoms with Gasteiger partial charge in [-0.3, -0.25) is 0 Å². The van der Waals surface area contributed by atoms with Crippen LogP contribution in [0.15, 0.2) is 0 Å². The molecule has 0 atom stereocenters. The van der Waals surface area contributed by atoms with Gasteiger partial charge in [0.15, 0.2) is 0 Å². The monoisotopic (exact) mass is 164 g/mol. The van der Waals surface area contributed by atoms with Gasteiger partial charge in [0.25, 0.3) is 0 Å². The predicted molar refractivity (Wildman–Crippen MR) is 25.3 cm³/mol. The van der Waals surface area contributed by atoms with Gasteiger partial charge in [0.05, 0.1) is 0 Å². The van der Waals surface area contributed by atoms with Crippen molar-refractivity contribution in [3.8, 4) is 0 Å². The van der Waals surface area contributed by atoms with Gasteiger partial charge in [-0.2, -0.15) is 0 Å². The van der Waals surface area contributed by atoms with Crippen molar-refractivity contribution in [2.75, 3.05) is 0 Å². The van der Waals surface area contributed by atoms with E-state index < -0.39 is 0 Å². The van der Waals surface area contributed by atoms with E-state index in [0.717, 1.165) is 0 Å². The first-order valence-electron chi connectivity index (χ1n) is 0.494. The van der Waals surface area contributed by atoms with E-state index in [1.165, 1.54) is 0 Å². The van der Waals surface area contributed by atoms with Crippen LogP contribution in [0.5, 0.6) is 0 Å². The van der Waals surface area contributed by atoms with Crippen molar-refractivity contribution in [2.45, 2.75) is 0 Å². The molecule has 9 heavy (non-hydrogen) atoms. The minimum Gasteiger partial charge on any atom is -1.00 e. The molecule has 6 nitrogen and oxygen atoms in total. The maximum absolute atomic E-state index is 8.36. The molecular weight excluding hydrogens is 153 g/mol. The van der Waals surface area contributed by atoms with Gasteiger partial charge in [0.2, 0.25) is 0 Å². The van der Waals surface area contributed by atoms with Crippen molar-refractivity contribution >= 4 is 7.35 Å². The summed E-state index contributed by atoms with van der Waals surface area (Å²) in [5.41, 5.74) is 0. The molecular formula is H11BNa2O6. The summed E-state index contributed by atoms with van der Waals surface area (Å²) in [6.07, 6.45) is 0. The molecule has 0 radical (unpaired) electrons. The quantitative estimate of drug-likeness (QED) is 0.351. The molecule has 0 aliphatic rings.